The fourth-order valence-corrected chi connectivity index (χ4v) is 4.04. The van der Waals surface area contributed by atoms with Gasteiger partial charge in [0.05, 0.1) is 18.8 Å². The van der Waals surface area contributed by atoms with E-state index in [1.165, 1.54) is 0 Å². The van der Waals surface area contributed by atoms with E-state index in [0.29, 0.717) is 11.1 Å². The molecule has 5 nitrogen and oxygen atoms in total. The second-order valence-electron chi connectivity index (χ2n) is 4.91. The highest BCUT2D eigenvalue weighted by atomic mass is 31.2. The molecule has 0 saturated carbocycles. The predicted octanol–water partition coefficient (Wildman–Crippen LogP) is 4.81. The molecule has 0 bridgehead atoms. The fraction of sp³-hybridized carbons (Fsp3) is 0.278. The third-order valence-corrected chi connectivity index (χ3v) is 5.43. The lowest BCUT2D eigenvalue weighted by Crippen LogP contribution is -2.15. The van der Waals surface area contributed by atoms with Crippen molar-refractivity contribution in [1.29, 1.82) is 0 Å². The lowest BCUT2D eigenvalue weighted by molar-refractivity contribution is 0.0364. The summed E-state index contributed by atoms with van der Waals surface area (Å²) >= 11 is 0. The first-order valence-corrected chi connectivity index (χ1v) is 9.41. The molecule has 24 heavy (non-hydrogen) atoms. The van der Waals surface area contributed by atoms with E-state index < -0.39 is 19.4 Å². The summed E-state index contributed by atoms with van der Waals surface area (Å²) in [5.41, 5.74) is 0.935. The van der Waals surface area contributed by atoms with Crippen LogP contribution < -0.4 is 0 Å². The van der Waals surface area contributed by atoms with Crippen molar-refractivity contribution in [2.45, 2.75) is 19.7 Å². The molecule has 2 aromatic rings. The minimum Gasteiger partial charge on any atom is -0.441 e. The van der Waals surface area contributed by atoms with Crippen LogP contribution in [-0.4, -0.2) is 19.2 Å². The first kappa shape index (κ1) is 18.4. The smallest absolute Gasteiger partial charge is 0.375 e. The van der Waals surface area contributed by atoms with Gasteiger partial charge in [0.2, 0.25) is 5.85 Å². The number of hydrogen-bond donors (Lipinski definition) is 0. The number of benzene rings is 2. The van der Waals surface area contributed by atoms with Crippen LogP contribution in [0.3, 0.4) is 0 Å². The van der Waals surface area contributed by atoms with Gasteiger partial charge in [-0.1, -0.05) is 48.5 Å². The Kier molecular flexibility index (Phi) is 6.73. The second kappa shape index (κ2) is 8.78. The maximum Gasteiger partial charge on any atom is 0.375 e. The zero-order valence-corrected chi connectivity index (χ0v) is 14.6. The number of carbonyl (C=O) groups is 1. The van der Waals surface area contributed by atoms with Gasteiger partial charge in [0.15, 0.2) is 0 Å². The molecule has 0 N–H and O–H groups in total. The Labute approximate surface area is 142 Å². The number of hydrogen-bond acceptors (Lipinski definition) is 5. The highest BCUT2D eigenvalue weighted by Gasteiger charge is 2.40. The highest BCUT2D eigenvalue weighted by molar-refractivity contribution is 7.54. The van der Waals surface area contributed by atoms with E-state index in [1.807, 2.05) is 6.07 Å². The molecule has 2 aromatic carbocycles. The average Bonchev–Trinajstić information content (AvgIpc) is 2.61. The zero-order valence-electron chi connectivity index (χ0n) is 13.8. The maximum atomic E-state index is 13.2. The summed E-state index contributed by atoms with van der Waals surface area (Å²) in [6, 6.07) is 17.4. The van der Waals surface area contributed by atoms with Crippen LogP contribution in [0.2, 0.25) is 0 Å². The van der Waals surface area contributed by atoms with E-state index in [0.717, 1.165) is 0 Å². The summed E-state index contributed by atoms with van der Waals surface area (Å²) in [7, 11) is -3.67. The van der Waals surface area contributed by atoms with Crippen molar-refractivity contribution in [3.8, 4) is 0 Å². The maximum absolute atomic E-state index is 13.2. The van der Waals surface area contributed by atoms with Crippen LogP contribution in [0.15, 0.2) is 60.7 Å². The lowest BCUT2D eigenvalue weighted by Gasteiger charge is -2.26. The van der Waals surface area contributed by atoms with Gasteiger partial charge in [-0.3, -0.25) is 4.57 Å². The van der Waals surface area contributed by atoms with Crippen LogP contribution in [0.1, 0.15) is 35.6 Å². The van der Waals surface area contributed by atoms with Crippen LogP contribution in [0, 0.1) is 0 Å². The molecule has 0 spiro atoms. The summed E-state index contributed by atoms with van der Waals surface area (Å²) in [6.07, 6.45) is 0. The van der Waals surface area contributed by atoms with E-state index in [2.05, 4.69) is 0 Å². The fourth-order valence-electron chi connectivity index (χ4n) is 2.21. The molecular formula is C18H21O5P. The van der Waals surface area contributed by atoms with Crippen LogP contribution in [-0.2, 0) is 18.3 Å². The zero-order chi connectivity index (χ0) is 17.4. The quantitative estimate of drug-likeness (QED) is 0.506. The number of carbonyl (C=O) groups excluding carboxylic acids is 1. The van der Waals surface area contributed by atoms with E-state index in [4.69, 9.17) is 13.8 Å². The molecule has 1 atom stereocenters. The van der Waals surface area contributed by atoms with Crippen LogP contribution in [0.4, 0.5) is 0 Å². The van der Waals surface area contributed by atoms with E-state index in [-0.39, 0.29) is 13.2 Å². The second-order valence-corrected chi connectivity index (χ2v) is 6.97. The first-order valence-electron chi connectivity index (χ1n) is 7.80. The van der Waals surface area contributed by atoms with Gasteiger partial charge in [-0.05, 0) is 26.0 Å². The van der Waals surface area contributed by atoms with Crippen LogP contribution >= 0.6 is 7.60 Å². The largest absolute Gasteiger partial charge is 0.441 e. The molecule has 0 radical (unpaired) electrons. The predicted molar refractivity (Wildman–Crippen MR) is 91.9 cm³/mol. The monoisotopic (exact) mass is 348 g/mol. The van der Waals surface area contributed by atoms with Crippen molar-refractivity contribution in [3.63, 3.8) is 0 Å². The lowest BCUT2D eigenvalue weighted by atomic mass is 10.2. The van der Waals surface area contributed by atoms with Gasteiger partial charge in [-0.25, -0.2) is 4.79 Å². The molecule has 6 heteroatoms. The minimum absolute atomic E-state index is 0.184. The molecular weight excluding hydrogens is 327 g/mol. The summed E-state index contributed by atoms with van der Waals surface area (Å²) in [6.45, 7) is 3.80. The van der Waals surface area contributed by atoms with Gasteiger partial charge in [0, 0.05) is 5.56 Å². The van der Waals surface area contributed by atoms with Crippen molar-refractivity contribution in [2.75, 3.05) is 13.2 Å². The first-order chi connectivity index (χ1) is 11.6. The van der Waals surface area contributed by atoms with E-state index >= 15 is 0 Å². The van der Waals surface area contributed by atoms with Crippen molar-refractivity contribution in [2.24, 2.45) is 0 Å². The number of ether oxygens (including phenoxy) is 1. The molecule has 0 amide bonds. The summed E-state index contributed by atoms with van der Waals surface area (Å²) in [5, 5.41) is 0. The summed E-state index contributed by atoms with van der Waals surface area (Å²) in [4.78, 5) is 12.4. The molecule has 0 aromatic heterocycles. The standard InChI is InChI=1S/C18H21O5P/c1-3-21-24(20,22-4-2)18(16-13-9-6-10-14-16)23-17(19)15-11-7-5-8-12-15/h5-14,18H,3-4H2,1-2H3/t18-/m1/s1. The van der Waals surface area contributed by atoms with Crippen molar-refractivity contribution >= 4 is 13.6 Å². The Hall–Kier alpha value is -1.94. The molecule has 0 heterocycles. The normalized spacial score (nSPS) is 12.6. The average molecular weight is 348 g/mol. The van der Waals surface area contributed by atoms with Gasteiger partial charge in [-0.15, -0.1) is 0 Å². The van der Waals surface area contributed by atoms with Crippen molar-refractivity contribution < 1.29 is 23.1 Å². The van der Waals surface area contributed by atoms with Gasteiger partial charge < -0.3 is 13.8 Å². The van der Waals surface area contributed by atoms with Gasteiger partial charge in [0.25, 0.3) is 0 Å². The third kappa shape index (κ3) is 4.54. The van der Waals surface area contributed by atoms with E-state index in [9.17, 15) is 9.36 Å². The molecule has 0 saturated heterocycles. The van der Waals surface area contributed by atoms with Crippen LogP contribution in [0.5, 0.6) is 0 Å². The Morgan fingerprint density at radius 3 is 1.92 bits per heavy atom. The Bertz CT molecular complexity index is 677. The Morgan fingerprint density at radius 2 is 1.42 bits per heavy atom. The summed E-state index contributed by atoms with van der Waals surface area (Å²) in [5.74, 6) is -1.70. The van der Waals surface area contributed by atoms with Crippen molar-refractivity contribution in [1.82, 2.24) is 0 Å². The topological polar surface area (TPSA) is 61.8 Å². The molecule has 0 aliphatic rings. The Balaban J connectivity index is 2.36. The molecule has 2 rings (SSSR count). The molecule has 0 fully saturated rings. The molecule has 128 valence electrons. The van der Waals surface area contributed by atoms with Gasteiger partial charge in [-0.2, -0.15) is 0 Å². The van der Waals surface area contributed by atoms with Gasteiger partial charge in [0.1, 0.15) is 0 Å². The SMILES string of the molecule is CCOP(=O)(OCC)[C@@H](OC(=O)c1ccccc1)c1ccccc1. The van der Waals surface area contributed by atoms with Crippen LogP contribution in [0.25, 0.3) is 0 Å². The molecule has 0 aliphatic carbocycles. The Morgan fingerprint density at radius 1 is 0.917 bits per heavy atom. The highest BCUT2D eigenvalue weighted by Crippen LogP contribution is 2.61. The number of esters is 1. The summed E-state index contributed by atoms with van der Waals surface area (Å²) < 4.78 is 29.5. The minimum atomic E-state index is -3.67. The molecule has 0 unspecified atom stereocenters. The van der Waals surface area contributed by atoms with E-state index in [1.54, 1.807) is 68.4 Å². The molecule has 0 aliphatic heterocycles. The number of rotatable bonds is 8. The third-order valence-electron chi connectivity index (χ3n) is 3.22. The van der Waals surface area contributed by atoms with Crippen molar-refractivity contribution in [3.05, 3.63) is 71.8 Å². The van der Waals surface area contributed by atoms with Gasteiger partial charge >= 0.3 is 13.6 Å².